The third-order valence-corrected chi connectivity index (χ3v) is 2.34. The maximum absolute atomic E-state index is 3.89. The van der Waals surface area contributed by atoms with Crippen molar-refractivity contribution >= 4 is 11.8 Å². The van der Waals surface area contributed by atoms with Gasteiger partial charge in [0.1, 0.15) is 0 Å². The van der Waals surface area contributed by atoms with Gasteiger partial charge in [-0.3, -0.25) is 0 Å². The summed E-state index contributed by atoms with van der Waals surface area (Å²) >= 11 is 1.69. The van der Waals surface area contributed by atoms with Crippen molar-refractivity contribution in [1.29, 1.82) is 0 Å². The first-order valence-electron chi connectivity index (χ1n) is 3.63. The van der Waals surface area contributed by atoms with E-state index >= 15 is 0 Å². The van der Waals surface area contributed by atoms with Gasteiger partial charge in [-0.05, 0) is 24.8 Å². The van der Waals surface area contributed by atoms with E-state index in [1.165, 1.54) is 5.57 Å². The number of hydrogen-bond donors (Lipinski definition) is 0. The predicted octanol–water partition coefficient (Wildman–Crippen LogP) is 3.65. The van der Waals surface area contributed by atoms with Crippen LogP contribution in [-0.4, -0.2) is 0 Å². The minimum atomic E-state index is 1.05. The van der Waals surface area contributed by atoms with Crippen molar-refractivity contribution in [3.05, 3.63) is 46.8 Å². The molecule has 0 aromatic carbocycles. The zero-order chi connectivity index (χ0) is 8.10. The molecule has 0 aliphatic carbocycles. The Morgan fingerprint density at radius 2 is 2.27 bits per heavy atom. The van der Waals surface area contributed by atoms with Gasteiger partial charge in [0.15, 0.2) is 0 Å². The van der Waals surface area contributed by atoms with E-state index in [1.54, 1.807) is 11.8 Å². The molecule has 1 rings (SSSR count). The van der Waals surface area contributed by atoms with Gasteiger partial charge in [0.25, 0.3) is 0 Å². The van der Waals surface area contributed by atoms with Crippen LogP contribution in [0.5, 0.6) is 0 Å². The normalized spacial score (nSPS) is 29.2. The van der Waals surface area contributed by atoms with Crippen LogP contribution in [0.15, 0.2) is 46.8 Å². The molecule has 0 bridgehead atoms. The Labute approximate surface area is 72.4 Å². The van der Waals surface area contributed by atoms with E-state index in [0.717, 1.165) is 11.3 Å². The van der Waals surface area contributed by atoms with Crippen LogP contribution < -0.4 is 0 Å². The highest BCUT2D eigenvalue weighted by atomic mass is 32.2. The van der Waals surface area contributed by atoms with E-state index in [0.29, 0.717) is 0 Å². The van der Waals surface area contributed by atoms with Crippen LogP contribution in [0.2, 0.25) is 0 Å². The molecule has 1 heterocycles. The maximum atomic E-state index is 3.89. The molecular formula is C10H12S. The van der Waals surface area contributed by atoms with Crippen molar-refractivity contribution in [2.75, 3.05) is 0 Å². The summed E-state index contributed by atoms with van der Waals surface area (Å²) in [5.74, 6) is 0. The Kier molecular flexibility index (Phi) is 3.24. The third-order valence-electron chi connectivity index (χ3n) is 1.38. The predicted molar refractivity (Wildman–Crippen MR) is 53.4 cm³/mol. The van der Waals surface area contributed by atoms with Gasteiger partial charge < -0.3 is 0 Å². The van der Waals surface area contributed by atoms with E-state index in [2.05, 4.69) is 31.1 Å². The Morgan fingerprint density at radius 3 is 3.09 bits per heavy atom. The van der Waals surface area contributed by atoms with Crippen molar-refractivity contribution in [2.45, 2.75) is 13.3 Å². The number of thioether (sulfide) groups is 1. The molecule has 58 valence electrons. The zero-order valence-electron chi connectivity index (χ0n) is 6.71. The van der Waals surface area contributed by atoms with Gasteiger partial charge in [-0.2, -0.15) is 0 Å². The molecule has 1 aliphatic rings. The second kappa shape index (κ2) is 4.24. The largest absolute Gasteiger partial charge is 0.0988 e. The summed E-state index contributed by atoms with van der Waals surface area (Å²) in [6.45, 7) is 6.02. The lowest BCUT2D eigenvalue weighted by molar-refractivity contribution is 1.22. The fourth-order valence-electron chi connectivity index (χ4n) is 0.759. The lowest BCUT2D eigenvalue weighted by atomic mass is 10.2. The molecule has 0 spiro atoms. The maximum Gasteiger partial charge on any atom is 0.00439 e. The molecule has 0 amide bonds. The highest BCUT2D eigenvalue weighted by molar-refractivity contribution is 8.06. The molecule has 1 aliphatic heterocycles. The Hall–Kier alpha value is -0.690. The summed E-state index contributed by atoms with van der Waals surface area (Å²) in [6, 6.07) is 0. The van der Waals surface area contributed by atoms with Crippen LogP contribution in [0.4, 0.5) is 0 Å². The van der Waals surface area contributed by atoms with Crippen molar-refractivity contribution in [3.8, 4) is 0 Å². The molecule has 11 heavy (non-hydrogen) atoms. The van der Waals surface area contributed by atoms with Crippen LogP contribution in [0, 0.1) is 0 Å². The minimum Gasteiger partial charge on any atom is -0.0988 e. The summed E-state index contributed by atoms with van der Waals surface area (Å²) in [5, 5.41) is 2.16. The first-order valence-corrected chi connectivity index (χ1v) is 4.51. The van der Waals surface area contributed by atoms with Gasteiger partial charge in [-0.1, -0.05) is 42.1 Å². The summed E-state index contributed by atoms with van der Waals surface area (Å²) in [7, 11) is 0. The zero-order valence-corrected chi connectivity index (χ0v) is 7.53. The van der Waals surface area contributed by atoms with Crippen LogP contribution in [-0.2, 0) is 0 Å². The van der Waals surface area contributed by atoms with Crippen LogP contribution in [0.3, 0.4) is 0 Å². The van der Waals surface area contributed by atoms with E-state index in [4.69, 9.17) is 0 Å². The lowest BCUT2D eigenvalue weighted by Crippen LogP contribution is -1.68. The number of hydrogen-bond acceptors (Lipinski definition) is 1. The monoisotopic (exact) mass is 164 g/mol. The first kappa shape index (κ1) is 8.41. The molecule has 0 nitrogen and oxygen atoms in total. The summed E-state index contributed by atoms with van der Waals surface area (Å²) < 4.78 is 0. The molecule has 0 radical (unpaired) electrons. The highest BCUT2D eigenvalue weighted by Crippen LogP contribution is 2.20. The van der Waals surface area contributed by atoms with Crippen molar-refractivity contribution in [1.82, 2.24) is 0 Å². The molecule has 0 fully saturated rings. The summed E-state index contributed by atoms with van der Waals surface area (Å²) in [4.78, 5) is 1.09. The first-order chi connectivity index (χ1) is 5.29. The summed E-state index contributed by atoms with van der Waals surface area (Å²) in [6.07, 6.45) is 9.32. The molecule has 0 aromatic rings. The van der Waals surface area contributed by atoms with Gasteiger partial charge in [0, 0.05) is 4.91 Å². The van der Waals surface area contributed by atoms with Gasteiger partial charge in [-0.15, -0.1) is 0 Å². The second-order valence-electron chi connectivity index (χ2n) is 2.54. The smallest absolute Gasteiger partial charge is 0.00439 e. The van der Waals surface area contributed by atoms with Crippen LogP contribution >= 0.6 is 11.8 Å². The fraction of sp³-hybridized carbons (Fsp3) is 0.200. The molecule has 0 aromatic heterocycles. The Balaban J connectivity index is 2.71. The van der Waals surface area contributed by atoms with Gasteiger partial charge in [-0.25, -0.2) is 0 Å². The molecular weight excluding hydrogens is 152 g/mol. The molecule has 0 saturated heterocycles. The Morgan fingerprint density at radius 1 is 1.45 bits per heavy atom. The number of allylic oxidation sites excluding steroid dienone is 5. The third kappa shape index (κ3) is 3.28. The molecule has 1 heteroatoms. The molecule has 0 saturated carbocycles. The van der Waals surface area contributed by atoms with Crippen molar-refractivity contribution < 1.29 is 0 Å². The minimum absolute atomic E-state index is 1.05. The van der Waals surface area contributed by atoms with E-state index in [-0.39, 0.29) is 0 Å². The van der Waals surface area contributed by atoms with E-state index in [1.807, 2.05) is 12.2 Å². The van der Waals surface area contributed by atoms with Crippen molar-refractivity contribution in [2.24, 2.45) is 0 Å². The average Bonchev–Trinajstić information content (AvgIpc) is 2.06. The topological polar surface area (TPSA) is 0 Å². The van der Waals surface area contributed by atoms with E-state index < -0.39 is 0 Å². The second-order valence-corrected chi connectivity index (χ2v) is 3.54. The average molecular weight is 164 g/mol. The SMILES string of the molecule is C=C1/C=C\C=C/C/C(C)=C\S1. The lowest BCUT2D eigenvalue weighted by Gasteiger charge is -1.94. The van der Waals surface area contributed by atoms with E-state index in [9.17, 15) is 0 Å². The molecule has 0 unspecified atom stereocenters. The van der Waals surface area contributed by atoms with Crippen molar-refractivity contribution in [3.63, 3.8) is 0 Å². The standard InChI is InChI=1S/C10H12S/c1-9-6-4-3-5-7-10(2)11-8-9/h3-5,7-8H,2,6H2,1H3/b4-3-,7-5-,9-8-. The highest BCUT2D eigenvalue weighted by Gasteiger charge is 1.90. The van der Waals surface area contributed by atoms with Gasteiger partial charge in [0.05, 0.1) is 0 Å². The quantitative estimate of drug-likeness (QED) is 0.526. The molecule has 0 atom stereocenters. The summed E-state index contributed by atoms with van der Waals surface area (Å²) in [5.41, 5.74) is 1.39. The Bertz CT molecular complexity index is 231. The molecule has 0 N–H and O–H groups in total. The van der Waals surface area contributed by atoms with Crippen LogP contribution in [0.25, 0.3) is 0 Å². The fourth-order valence-corrected chi connectivity index (χ4v) is 1.36. The van der Waals surface area contributed by atoms with Gasteiger partial charge in [0.2, 0.25) is 0 Å². The number of rotatable bonds is 0. The van der Waals surface area contributed by atoms with Gasteiger partial charge >= 0.3 is 0 Å². The van der Waals surface area contributed by atoms with Crippen LogP contribution in [0.1, 0.15) is 13.3 Å².